The fourth-order valence-corrected chi connectivity index (χ4v) is 4.22. The van der Waals surface area contributed by atoms with Crippen LogP contribution in [-0.2, 0) is 11.2 Å². The zero-order valence-electron chi connectivity index (χ0n) is 17.2. The number of halogens is 2. The Kier molecular flexibility index (Phi) is 7.49. The summed E-state index contributed by atoms with van der Waals surface area (Å²) in [5.74, 6) is -0.741. The van der Waals surface area contributed by atoms with E-state index in [4.69, 9.17) is 11.6 Å². The van der Waals surface area contributed by atoms with Crippen molar-refractivity contribution in [2.24, 2.45) is 0 Å². The van der Waals surface area contributed by atoms with Crippen molar-refractivity contribution in [1.82, 2.24) is 15.5 Å². The van der Waals surface area contributed by atoms with Gasteiger partial charge >= 0.3 is 0 Å². The molecule has 2 N–H and O–H groups in total. The van der Waals surface area contributed by atoms with Crippen LogP contribution in [0.25, 0.3) is 10.6 Å². The summed E-state index contributed by atoms with van der Waals surface area (Å²) in [6.07, 6.45) is 0.324. The Bertz CT molecular complexity index is 1250. The van der Waals surface area contributed by atoms with E-state index in [-0.39, 0.29) is 11.8 Å². The zero-order valence-corrected chi connectivity index (χ0v) is 20.3. The first kappa shape index (κ1) is 23.1. The van der Waals surface area contributed by atoms with Gasteiger partial charge in [0.15, 0.2) is 0 Å². The van der Waals surface area contributed by atoms with E-state index in [1.807, 2.05) is 54.6 Å². The van der Waals surface area contributed by atoms with Gasteiger partial charge in [0, 0.05) is 27.0 Å². The average Bonchev–Trinajstić information content (AvgIpc) is 3.28. The van der Waals surface area contributed by atoms with Gasteiger partial charge in [0.1, 0.15) is 11.0 Å². The maximum atomic E-state index is 13.1. The van der Waals surface area contributed by atoms with E-state index in [1.54, 1.807) is 24.3 Å². The summed E-state index contributed by atoms with van der Waals surface area (Å²) in [5, 5.41) is 15.4. The van der Waals surface area contributed by atoms with Crippen molar-refractivity contribution in [3.05, 3.63) is 99.5 Å². The minimum atomic E-state index is -0.810. The highest BCUT2D eigenvalue weighted by Crippen LogP contribution is 2.27. The highest BCUT2D eigenvalue weighted by atomic mass is 79.9. The Hall–Kier alpha value is -3.07. The van der Waals surface area contributed by atoms with E-state index < -0.39 is 6.04 Å². The molecule has 33 heavy (non-hydrogen) atoms. The van der Waals surface area contributed by atoms with Crippen LogP contribution in [0.5, 0.6) is 0 Å². The van der Waals surface area contributed by atoms with Gasteiger partial charge in [0.05, 0.1) is 0 Å². The second-order valence-electron chi connectivity index (χ2n) is 7.13. The number of carbonyl (C=O) groups is 2. The second kappa shape index (κ2) is 10.7. The number of hydrogen-bond donors (Lipinski definition) is 2. The molecule has 0 spiro atoms. The lowest BCUT2D eigenvalue weighted by Crippen LogP contribution is -2.45. The number of anilines is 1. The first-order chi connectivity index (χ1) is 16.0. The zero-order chi connectivity index (χ0) is 23.2. The van der Waals surface area contributed by atoms with Gasteiger partial charge < -0.3 is 5.32 Å². The Morgan fingerprint density at radius 1 is 0.939 bits per heavy atom. The number of nitrogens with one attached hydrogen (secondary N) is 2. The molecule has 3 aromatic carbocycles. The van der Waals surface area contributed by atoms with Gasteiger partial charge in [-0.25, -0.2) is 0 Å². The molecule has 1 unspecified atom stereocenters. The largest absolute Gasteiger partial charge is 0.340 e. The molecule has 166 valence electrons. The third-order valence-corrected chi connectivity index (χ3v) is 6.43. The average molecular weight is 542 g/mol. The summed E-state index contributed by atoms with van der Waals surface area (Å²) in [4.78, 5) is 25.9. The van der Waals surface area contributed by atoms with Gasteiger partial charge in [-0.2, -0.15) is 0 Å². The highest BCUT2D eigenvalue weighted by Gasteiger charge is 2.23. The monoisotopic (exact) mass is 540 g/mol. The van der Waals surface area contributed by atoms with Crippen LogP contribution in [0.4, 0.5) is 5.13 Å². The molecule has 0 radical (unpaired) electrons. The minimum absolute atomic E-state index is 0.324. The van der Waals surface area contributed by atoms with Crippen LogP contribution in [0.15, 0.2) is 83.3 Å². The normalized spacial score (nSPS) is 11.6. The van der Waals surface area contributed by atoms with Gasteiger partial charge in [-0.1, -0.05) is 81.3 Å². The van der Waals surface area contributed by atoms with Crippen LogP contribution in [0, 0.1) is 0 Å². The predicted molar refractivity (Wildman–Crippen MR) is 135 cm³/mol. The number of amides is 2. The van der Waals surface area contributed by atoms with Crippen molar-refractivity contribution >= 4 is 55.8 Å². The lowest BCUT2D eigenvalue weighted by molar-refractivity contribution is -0.118. The third-order valence-electron chi connectivity index (χ3n) is 4.76. The SMILES string of the molecule is O=C(NC(Cc1ccccc1)C(=O)Nc1nnc(-c2ccc(Br)cc2)s1)c1ccc(Cl)cc1. The molecule has 1 atom stereocenters. The van der Waals surface area contributed by atoms with Crippen molar-refractivity contribution < 1.29 is 9.59 Å². The third kappa shape index (κ3) is 6.25. The van der Waals surface area contributed by atoms with E-state index in [9.17, 15) is 9.59 Å². The van der Waals surface area contributed by atoms with Crippen LogP contribution < -0.4 is 10.6 Å². The van der Waals surface area contributed by atoms with Gasteiger partial charge in [-0.05, 0) is 42.0 Å². The molecule has 0 saturated heterocycles. The molecule has 0 aliphatic carbocycles. The van der Waals surface area contributed by atoms with Crippen LogP contribution in [0.1, 0.15) is 15.9 Å². The van der Waals surface area contributed by atoms with Gasteiger partial charge in [-0.15, -0.1) is 10.2 Å². The molecular formula is C24H18BrClN4O2S. The van der Waals surface area contributed by atoms with Crippen LogP contribution in [0.3, 0.4) is 0 Å². The fourth-order valence-electron chi connectivity index (χ4n) is 3.08. The van der Waals surface area contributed by atoms with E-state index in [2.05, 4.69) is 36.8 Å². The fraction of sp³-hybridized carbons (Fsp3) is 0.0833. The minimum Gasteiger partial charge on any atom is -0.340 e. The molecule has 9 heteroatoms. The number of nitrogens with zero attached hydrogens (tertiary/aromatic N) is 2. The number of hydrogen-bond acceptors (Lipinski definition) is 5. The molecule has 4 aromatic rings. The lowest BCUT2D eigenvalue weighted by atomic mass is 10.0. The van der Waals surface area contributed by atoms with Crippen molar-refractivity contribution in [3.8, 4) is 10.6 Å². The molecule has 4 rings (SSSR count). The predicted octanol–water partition coefficient (Wildman–Crippen LogP) is 5.60. The van der Waals surface area contributed by atoms with E-state index in [0.717, 1.165) is 15.6 Å². The summed E-state index contributed by atoms with van der Waals surface area (Å²) in [7, 11) is 0. The van der Waals surface area contributed by atoms with E-state index in [0.29, 0.717) is 27.1 Å². The molecule has 6 nitrogen and oxygen atoms in total. The topological polar surface area (TPSA) is 84.0 Å². The van der Waals surface area contributed by atoms with Gasteiger partial charge in [-0.3, -0.25) is 14.9 Å². The molecule has 0 aliphatic rings. The number of rotatable bonds is 7. The van der Waals surface area contributed by atoms with Crippen molar-refractivity contribution in [2.75, 3.05) is 5.32 Å². The quantitative estimate of drug-likeness (QED) is 0.319. The Morgan fingerprint density at radius 3 is 2.33 bits per heavy atom. The standard InChI is InChI=1S/C24H18BrClN4O2S/c25-18-10-6-17(7-11-18)23-29-30-24(33-23)28-22(32)20(14-15-4-2-1-3-5-15)27-21(31)16-8-12-19(26)13-9-16/h1-13,20H,14H2,(H,27,31)(H,28,30,32). The molecule has 0 aliphatic heterocycles. The summed E-state index contributed by atoms with van der Waals surface area (Å²) in [6, 6.07) is 22.8. The molecule has 2 amide bonds. The summed E-state index contributed by atoms with van der Waals surface area (Å²) >= 11 is 10.6. The van der Waals surface area contributed by atoms with Crippen LogP contribution >= 0.6 is 38.9 Å². The molecular weight excluding hydrogens is 524 g/mol. The first-order valence-electron chi connectivity index (χ1n) is 9.98. The van der Waals surface area contributed by atoms with Crippen LogP contribution in [-0.4, -0.2) is 28.1 Å². The summed E-state index contributed by atoms with van der Waals surface area (Å²) in [6.45, 7) is 0. The number of benzene rings is 3. The number of aromatic nitrogens is 2. The smallest absolute Gasteiger partial charge is 0.251 e. The van der Waals surface area contributed by atoms with Crippen molar-refractivity contribution in [2.45, 2.75) is 12.5 Å². The van der Waals surface area contributed by atoms with Gasteiger partial charge in [0.25, 0.3) is 5.91 Å². The maximum Gasteiger partial charge on any atom is 0.251 e. The molecule has 0 saturated carbocycles. The highest BCUT2D eigenvalue weighted by molar-refractivity contribution is 9.10. The number of carbonyl (C=O) groups excluding carboxylic acids is 2. The molecule has 1 aromatic heterocycles. The van der Waals surface area contributed by atoms with E-state index >= 15 is 0 Å². The molecule has 0 fully saturated rings. The summed E-state index contributed by atoms with van der Waals surface area (Å²) < 4.78 is 0.962. The Balaban J connectivity index is 1.50. The van der Waals surface area contributed by atoms with Crippen molar-refractivity contribution in [3.63, 3.8) is 0 Å². The van der Waals surface area contributed by atoms with Gasteiger partial charge in [0.2, 0.25) is 11.0 Å². The molecule has 1 heterocycles. The van der Waals surface area contributed by atoms with Crippen molar-refractivity contribution in [1.29, 1.82) is 0 Å². The Morgan fingerprint density at radius 2 is 1.64 bits per heavy atom. The van der Waals surface area contributed by atoms with E-state index in [1.165, 1.54) is 11.3 Å². The summed E-state index contributed by atoms with van der Waals surface area (Å²) in [5.41, 5.74) is 2.23. The maximum absolute atomic E-state index is 13.1. The second-order valence-corrected chi connectivity index (χ2v) is 9.46. The first-order valence-corrected chi connectivity index (χ1v) is 12.0. The molecule has 0 bridgehead atoms. The van der Waals surface area contributed by atoms with Crippen LogP contribution in [0.2, 0.25) is 5.02 Å². The Labute approximate surface area is 208 Å². The lowest BCUT2D eigenvalue weighted by Gasteiger charge is -2.18.